The lowest BCUT2D eigenvalue weighted by molar-refractivity contribution is 0.0734. The fourth-order valence-corrected chi connectivity index (χ4v) is 2.96. The van der Waals surface area contributed by atoms with Crippen molar-refractivity contribution >= 4 is 5.91 Å². The van der Waals surface area contributed by atoms with Crippen LogP contribution in [0.25, 0.3) is 0 Å². The Morgan fingerprint density at radius 1 is 1.33 bits per heavy atom. The normalized spacial score (nSPS) is 26.3. The van der Waals surface area contributed by atoms with Crippen LogP contribution in [0.4, 0.5) is 0 Å². The van der Waals surface area contributed by atoms with Gasteiger partial charge >= 0.3 is 0 Å². The van der Waals surface area contributed by atoms with Gasteiger partial charge in [-0.2, -0.15) is 0 Å². The van der Waals surface area contributed by atoms with Crippen LogP contribution in [0, 0.1) is 5.92 Å². The van der Waals surface area contributed by atoms with E-state index >= 15 is 0 Å². The summed E-state index contributed by atoms with van der Waals surface area (Å²) in [6.07, 6.45) is 1.02. The molecule has 2 aliphatic rings. The second kappa shape index (κ2) is 4.17. The van der Waals surface area contributed by atoms with E-state index in [1.165, 1.54) is 18.2 Å². The molecule has 5 nitrogen and oxygen atoms in total. The average Bonchev–Trinajstić information content (AvgIpc) is 2.89. The molecule has 5 heteroatoms. The molecule has 0 aromatic heterocycles. The molecule has 18 heavy (non-hydrogen) atoms. The number of amides is 1. The highest BCUT2D eigenvalue weighted by molar-refractivity contribution is 5.97. The number of benzene rings is 1. The van der Waals surface area contributed by atoms with Crippen LogP contribution < -0.4 is 5.32 Å². The third-order valence-corrected chi connectivity index (χ3v) is 3.92. The number of phenols is 2. The summed E-state index contributed by atoms with van der Waals surface area (Å²) in [5.41, 5.74) is 0.264. The second-order valence-corrected chi connectivity index (χ2v) is 4.97. The number of hydrogen-bond donors (Lipinski definition) is 3. The first-order chi connectivity index (χ1) is 8.66. The lowest BCUT2D eigenvalue weighted by Gasteiger charge is -2.23. The summed E-state index contributed by atoms with van der Waals surface area (Å²) in [5, 5.41) is 22.3. The Balaban J connectivity index is 1.86. The smallest absolute Gasteiger partial charge is 0.257 e. The van der Waals surface area contributed by atoms with Crippen molar-refractivity contribution in [3.05, 3.63) is 23.8 Å². The van der Waals surface area contributed by atoms with E-state index in [4.69, 9.17) is 0 Å². The summed E-state index contributed by atoms with van der Waals surface area (Å²) < 4.78 is 0. The van der Waals surface area contributed by atoms with Crippen molar-refractivity contribution in [1.82, 2.24) is 10.2 Å². The highest BCUT2D eigenvalue weighted by Gasteiger charge is 2.40. The molecule has 96 valence electrons. The van der Waals surface area contributed by atoms with Crippen LogP contribution in [0.5, 0.6) is 11.5 Å². The molecule has 1 amide bonds. The molecule has 0 aliphatic carbocycles. The molecule has 3 N–H and O–H groups in total. The Morgan fingerprint density at radius 3 is 2.94 bits per heavy atom. The Labute approximate surface area is 105 Å². The van der Waals surface area contributed by atoms with Crippen LogP contribution in [0.1, 0.15) is 16.8 Å². The van der Waals surface area contributed by atoms with Crippen LogP contribution in [0.3, 0.4) is 0 Å². The van der Waals surface area contributed by atoms with Gasteiger partial charge in [-0.1, -0.05) is 0 Å². The maximum Gasteiger partial charge on any atom is 0.257 e. The van der Waals surface area contributed by atoms with E-state index < -0.39 is 0 Å². The number of nitrogens with zero attached hydrogens (tertiary/aromatic N) is 1. The standard InChI is InChI=1S/C13H16N2O3/c16-9-1-2-10(12(17)5-9)13(18)15-4-3-8-6-14-7-11(8)15/h1-2,5,8,11,14,16-17H,3-4,6-7H2/t8-,11+/m0/s1. The Morgan fingerprint density at radius 2 is 2.17 bits per heavy atom. The molecule has 2 aliphatic heterocycles. The quantitative estimate of drug-likeness (QED) is 0.678. The van der Waals surface area contributed by atoms with Gasteiger partial charge in [0.1, 0.15) is 11.5 Å². The number of phenolic OH excluding ortho intramolecular Hbond substituents is 2. The molecule has 3 rings (SSSR count). The lowest BCUT2D eigenvalue weighted by Crippen LogP contribution is -2.39. The monoisotopic (exact) mass is 248 g/mol. The zero-order chi connectivity index (χ0) is 12.7. The number of hydrogen-bond acceptors (Lipinski definition) is 4. The van der Waals surface area contributed by atoms with Crippen LogP contribution in [-0.2, 0) is 0 Å². The number of carbonyl (C=O) groups is 1. The van der Waals surface area contributed by atoms with Crippen molar-refractivity contribution in [2.24, 2.45) is 5.92 Å². The van der Waals surface area contributed by atoms with Crippen LogP contribution >= 0.6 is 0 Å². The average molecular weight is 248 g/mol. The van der Waals surface area contributed by atoms with E-state index in [1.54, 1.807) is 0 Å². The summed E-state index contributed by atoms with van der Waals surface area (Å²) in [4.78, 5) is 14.2. The van der Waals surface area contributed by atoms with E-state index in [2.05, 4.69) is 5.32 Å². The number of likely N-dealkylation sites (tertiary alicyclic amines) is 1. The zero-order valence-corrected chi connectivity index (χ0v) is 9.97. The van der Waals surface area contributed by atoms with Crippen molar-refractivity contribution < 1.29 is 15.0 Å². The van der Waals surface area contributed by atoms with Gasteiger partial charge in [0, 0.05) is 31.7 Å². The van der Waals surface area contributed by atoms with Gasteiger partial charge in [-0.05, 0) is 24.5 Å². The minimum atomic E-state index is -0.158. The topological polar surface area (TPSA) is 72.8 Å². The van der Waals surface area contributed by atoms with Gasteiger partial charge in [-0.3, -0.25) is 4.79 Å². The zero-order valence-electron chi connectivity index (χ0n) is 9.97. The molecule has 0 saturated carbocycles. The van der Waals surface area contributed by atoms with Crippen molar-refractivity contribution in [3.8, 4) is 11.5 Å². The first-order valence-electron chi connectivity index (χ1n) is 6.20. The van der Waals surface area contributed by atoms with E-state index in [0.717, 1.165) is 26.1 Å². The Bertz CT molecular complexity index is 489. The fraction of sp³-hybridized carbons (Fsp3) is 0.462. The summed E-state index contributed by atoms with van der Waals surface area (Å²) in [6, 6.07) is 4.34. The predicted molar refractivity (Wildman–Crippen MR) is 65.6 cm³/mol. The van der Waals surface area contributed by atoms with Gasteiger partial charge in [0.15, 0.2) is 0 Å². The van der Waals surface area contributed by atoms with Gasteiger partial charge in [0.25, 0.3) is 5.91 Å². The molecule has 0 unspecified atom stereocenters. The molecule has 2 saturated heterocycles. The number of fused-ring (bicyclic) bond motifs is 1. The minimum absolute atomic E-state index is 0.0362. The molecule has 1 aromatic carbocycles. The Kier molecular flexibility index (Phi) is 2.63. The van der Waals surface area contributed by atoms with Crippen LogP contribution in [0.15, 0.2) is 18.2 Å². The van der Waals surface area contributed by atoms with Gasteiger partial charge < -0.3 is 20.4 Å². The molecule has 2 fully saturated rings. The summed E-state index contributed by atoms with van der Waals surface area (Å²) in [7, 11) is 0. The third-order valence-electron chi connectivity index (χ3n) is 3.92. The van der Waals surface area contributed by atoms with Crippen molar-refractivity contribution in [3.63, 3.8) is 0 Å². The second-order valence-electron chi connectivity index (χ2n) is 4.97. The maximum absolute atomic E-state index is 12.4. The molecular formula is C13H16N2O3. The number of rotatable bonds is 1. The first kappa shape index (κ1) is 11.3. The van der Waals surface area contributed by atoms with Gasteiger partial charge in [-0.15, -0.1) is 0 Å². The van der Waals surface area contributed by atoms with Crippen LogP contribution in [0.2, 0.25) is 0 Å². The van der Waals surface area contributed by atoms with Gasteiger partial charge in [0.2, 0.25) is 0 Å². The van der Waals surface area contributed by atoms with Crippen molar-refractivity contribution in [1.29, 1.82) is 0 Å². The Hall–Kier alpha value is -1.75. The molecule has 2 atom stereocenters. The maximum atomic E-state index is 12.4. The molecule has 2 heterocycles. The van der Waals surface area contributed by atoms with Crippen molar-refractivity contribution in [2.45, 2.75) is 12.5 Å². The number of carbonyl (C=O) groups excluding carboxylic acids is 1. The predicted octanol–water partition coefficient (Wildman–Crippen LogP) is 0.532. The molecule has 1 aromatic rings. The summed E-state index contributed by atoms with van der Waals surface area (Å²) in [5.74, 6) is 0.192. The van der Waals surface area contributed by atoms with E-state index in [0.29, 0.717) is 5.92 Å². The third kappa shape index (κ3) is 1.71. The van der Waals surface area contributed by atoms with Crippen molar-refractivity contribution in [2.75, 3.05) is 19.6 Å². The number of aromatic hydroxyl groups is 2. The largest absolute Gasteiger partial charge is 0.508 e. The molecule has 0 spiro atoms. The van der Waals surface area contributed by atoms with Crippen LogP contribution in [-0.4, -0.2) is 46.7 Å². The molecular weight excluding hydrogens is 232 g/mol. The van der Waals surface area contributed by atoms with E-state index in [-0.39, 0.29) is 29.0 Å². The van der Waals surface area contributed by atoms with E-state index in [1.807, 2.05) is 4.90 Å². The van der Waals surface area contributed by atoms with Gasteiger partial charge in [0.05, 0.1) is 5.56 Å². The SMILES string of the molecule is O=C(c1ccc(O)cc1O)N1CC[C@H]2CNC[C@H]21. The fourth-order valence-electron chi connectivity index (χ4n) is 2.96. The number of nitrogens with one attached hydrogen (secondary N) is 1. The van der Waals surface area contributed by atoms with E-state index in [9.17, 15) is 15.0 Å². The minimum Gasteiger partial charge on any atom is -0.508 e. The first-order valence-corrected chi connectivity index (χ1v) is 6.20. The summed E-state index contributed by atoms with van der Waals surface area (Å²) >= 11 is 0. The molecule has 0 bridgehead atoms. The highest BCUT2D eigenvalue weighted by Crippen LogP contribution is 2.31. The van der Waals surface area contributed by atoms with Gasteiger partial charge in [-0.25, -0.2) is 0 Å². The highest BCUT2D eigenvalue weighted by atomic mass is 16.3. The molecule has 0 radical (unpaired) electrons. The summed E-state index contributed by atoms with van der Waals surface area (Å²) in [6.45, 7) is 2.54. The lowest BCUT2D eigenvalue weighted by atomic mass is 10.0.